The molecule has 0 aliphatic carbocycles. The van der Waals surface area contributed by atoms with Gasteiger partial charge in [0.2, 0.25) is 0 Å². The number of fused-ring (bicyclic) bond motifs is 2. The van der Waals surface area contributed by atoms with Crippen molar-refractivity contribution in [1.29, 1.82) is 0 Å². The lowest BCUT2D eigenvalue weighted by molar-refractivity contribution is 0.102. The van der Waals surface area contributed by atoms with Crippen LogP contribution < -0.4 is 10.6 Å². The monoisotopic (exact) mass is 447 g/mol. The van der Waals surface area contributed by atoms with Crippen LogP contribution in [-0.4, -0.2) is 41.3 Å². The maximum atomic E-state index is 12.7. The summed E-state index contributed by atoms with van der Waals surface area (Å²) in [6.07, 6.45) is 8.19. The van der Waals surface area contributed by atoms with Gasteiger partial charge in [0.05, 0.1) is 35.4 Å². The number of amides is 1. The third kappa shape index (κ3) is 3.69. The van der Waals surface area contributed by atoms with Crippen molar-refractivity contribution in [3.05, 3.63) is 85.1 Å². The van der Waals surface area contributed by atoms with Crippen LogP contribution in [0.4, 0.5) is 17.2 Å². The summed E-state index contributed by atoms with van der Waals surface area (Å²) in [5.74, 6) is 1.01. The molecule has 0 fully saturated rings. The SMILES string of the molecule is O=C(Nc1ccnnc1)c1c[nH]c2cc(-c3nccc(Nc4ccc5[nH]ncc5c4)n3)ccc12. The molecular formula is C24H17N9O. The standard InChI is InChI=1S/C24H17N9O/c34-24(31-17-5-8-27-28-12-17)19-13-26-21-10-14(1-3-18(19)21)23-25-7-6-22(32-23)30-16-2-4-20-15(9-16)11-29-33-20/h1-13,26H,(H,29,33)(H,25,30,32)(H,27,31,34). The lowest BCUT2D eigenvalue weighted by atomic mass is 10.1. The molecule has 0 saturated carbocycles. The number of carbonyl (C=O) groups is 1. The van der Waals surface area contributed by atoms with Crippen molar-refractivity contribution in [3.63, 3.8) is 0 Å². The van der Waals surface area contributed by atoms with Gasteiger partial charge in [0.15, 0.2) is 5.82 Å². The Morgan fingerprint density at radius 3 is 2.76 bits per heavy atom. The Labute approximate surface area is 192 Å². The first-order valence-electron chi connectivity index (χ1n) is 10.5. The average Bonchev–Trinajstić information content (AvgIpc) is 3.51. The van der Waals surface area contributed by atoms with Crippen LogP contribution in [0.5, 0.6) is 0 Å². The van der Waals surface area contributed by atoms with E-state index in [1.807, 2.05) is 42.5 Å². The predicted octanol–water partition coefficient (Wildman–Crippen LogP) is 4.29. The number of hydrogen-bond acceptors (Lipinski definition) is 7. The number of nitrogens with one attached hydrogen (secondary N) is 4. The number of H-pyrrole nitrogens is 2. The number of benzene rings is 2. The fourth-order valence-corrected chi connectivity index (χ4v) is 3.75. The zero-order chi connectivity index (χ0) is 22.9. The summed E-state index contributed by atoms with van der Waals surface area (Å²) in [6, 6.07) is 15.1. The van der Waals surface area contributed by atoms with Crippen LogP contribution >= 0.6 is 0 Å². The van der Waals surface area contributed by atoms with Crippen molar-refractivity contribution in [2.24, 2.45) is 0 Å². The molecule has 6 aromatic rings. The number of nitrogens with zero attached hydrogens (tertiary/aromatic N) is 5. The minimum atomic E-state index is -0.232. The maximum absolute atomic E-state index is 12.7. The van der Waals surface area contributed by atoms with Crippen LogP contribution in [0.2, 0.25) is 0 Å². The first kappa shape index (κ1) is 19.6. The largest absolute Gasteiger partial charge is 0.360 e. The van der Waals surface area contributed by atoms with Gasteiger partial charge in [-0.05, 0) is 36.4 Å². The van der Waals surface area contributed by atoms with Gasteiger partial charge in [-0.1, -0.05) is 12.1 Å². The van der Waals surface area contributed by atoms with Crippen LogP contribution in [0.3, 0.4) is 0 Å². The average molecular weight is 447 g/mol. The van der Waals surface area contributed by atoms with E-state index < -0.39 is 0 Å². The third-order valence-electron chi connectivity index (χ3n) is 5.39. The van der Waals surface area contributed by atoms with Gasteiger partial charge in [0.1, 0.15) is 5.82 Å². The highest BCUT2D eigenvalue weighted by molar-refractivity contribution is 6.13. The van der Waals surface area contributed by atoms with E-state index in [-0.39, 0.29) is 5.91 Å². The van der Waals surface area contributed by atoms with Crippen molar-refractivity contribution < 1.29 is 4.79 Å². The maximum Gasteiger partial charge on any atom is 0.257 e. The number of aromatic nitrogens is 7. The van der Waals surface area contributed by atoms with Gasteiger partial charge < -0.3 is 15.6 Å². The molecule has 4 aromatic heterocycles. The summed E-state index contributed by atoms with van der Waals surface area (Å²) in [4.78, 5) is 25.0. The van der Waals surface area contributed by atoms with Crippen molar-refractivity contribution in [1.82, 2.24) is 35.3 Å². The molecule has 0 saturated heterocycles. The Bertz CT molecular complexity index is 1640. The van der Waals surface area contributed by atoms with Gasteiger partial charge in [0.25, 0.3) is 5.91 Å². The lowest BCUT2D eigenvalue weighted by Gasteiger charge is -2.08. The van der Waals surface area contributed by atoms with Crippen LogP contribution in [0.25, 0.3) is 33.2 Å². The number of hydrogen-bond donors (Lipinski definition) is 4. The molecule has 4 N–H and O–H groups in total. The van der Waals surface area contributed by atoms with Crippen LogP contribution in [0, 0.1) is 0 Å². The second-order valence-corrected chi connectivity index (χ2v) is 7.61. The molecule has 0 radical (unpaired) electrons. The van der Waals surface area contributed by atoms with Crippen molar-refractivity contribution in [2.75, 3.05) is 10.6 Å². The van der Waals surface area contributed by atoms with Gasteiger partial charge in [0, 0.05) is 39.9 Å². The van der Waals surface area contributed by atoms with Crippen molar-refractivity contribution in [3.8, 4) is 11.4 Å². The minimum Gasteiger partial charge on any atom is -0.360 e. The first-order chi connectivity index (χ1) is 16.7. The van der Waals surface area contributed by atoms with E-state index in [1.54, 1.807) is 24.7 Å². The number of anilines is 3. The summed E-state index contributed by atoms with van der Waals surface area (Å²) in [5.41, 5.74) is 4.62. The third-order valence-corrected chi connectivity index (χ3v) is 5.39. The topological polar surface area (TPSA) is 137 Å². The molecule has 0 bridgehead atoms. The van der Waals surface area contributed by atoms with E-state index in [0.29, 0.717) is 22.9 Å². The molecule has 0 aliphatic heterocycles. The first-order valence-corrected chi connectivity index (χ1v) is 10.5. The normalized spacial score (nSPS) is 11.1. The van der Waals surface area contributed by atoms with E-state index in [9.17, 15) is 4.79 Å². The molecule has 4 heterocycles. The van der Waals surface area contributed by atoms with Crippen molar-refractivity contribution in [2.45, 2.75) is 0 Å². The molecule has 0 aliphatic rings. The predicted molar refractivity (Wildman–Crippen MR) is 129 cm³/mol. The molecular weight excluding hydrogens is 430 g/mol. The second-order valence-electron chi connectivity index (χ2n) is 7.61. The highest BCUT2D eigenvalue weighted by Gasteiger charge is 2.14. The summed E-state index contributed by atoms with van der Waals surface area (Å²) in [6.45, 7) is 0. The summed E-state index contributed by atoms with van der Waals surface area (Å²) < 4.78 is 0. The van der Waals surface area contributed by atoms with E-state index in [2.05, 4.69) is 46.0 Å². The molecule has 0 unspecified atom stereocenters. The molecule has 10 heteroatoms. The van der Waals surface area contributed by atoms with Gasteiger partial charge >= 0.3 is 0 Å². The molecule has 0 atom stereocenters. The smallest absolute Gasteiger partial charge is 0.257 e. The van der Waals surface area contributed by atoms with Crippen LogP contribution in [0.1, 0.15) is 10.4 Å². The summed E-state index contributed by atoms with van der Waals surface area (Å²) in [7, 11) is 0. The second kappa shape index (κ2) is 8.10. The molecule has 2 aromatic carbocycles. The van der Waals surface area contributed by atoms with Gasteiger partial charge in [-0.3, -0.25) is 9.89 Å². The highest BCUT2D eigenvalue weighted by Crippen LogP contribution is 2.26. The molecule has 10 nitrogen and oxygen atoms in total. The number of aromatic amines is 2. The molecule has 1 amide bonds. The Morgan fingerprint density at radius 1 is 0.882 bits per heavy atom. The molecule has 0 spiro atoms. The van der Waals surface area contributed by atoms with E-state index in [4.69, 9.17) is 0 Å². The van der Waals surface area contributed by atoms with E-state index in [0.717, 1.165) is 33.1 Å². The summed E-state index contributed by atoms with van der Waals surface area (Å²) in [5, 5.41) is 22.4. The minimum absolute atomic E-state index is 0.232. The Morgan fingerprint density at radius 2 is 1.85 bits per heavy atom. The lowest BCUT2D eigenvalue weighted by Crippen LogP contribution is -2.11. The van der Waals surface area contributed by atoms with Gasteiger partial charge in [-0.2, -0.15) is 15.3 Å². The number of rotatable bonds is 5. The summed E-state index contributed by atoms with van der Waals surface area (Å²) >= 11 is 0. The van der Waals surface area contributed by atoms with E-state index >= 15 is 0 Å². The fraction of sp³-hybridized carbons (Fsp3) is 0. The van der Waals surface area contributed by atoms with Gasteiger partial charge in [-0.15, -0.1) is 0 Å². The zero-order valence-electron chi connectivity index (χ0n) is 17.6. The quantitative estimate of drug-likeness (QED) is 0.309. The zero-order valence-corrected chi connectivity index (χ0v) is 17.6. The Balaban J connectivity index is 1.26. The Kier molecular flexibility index (Phi) is 4.66. The molecule has 6 rings (SSSR count). The molecule has 34 heavy (non-hydrogen) atoms. The van der Waals surface area contributed by atoms with Crippen LogP contribution in [-0.2, 0) is 0 Å². The number of carbonyl (C=O) groups excluding carboxylic acids is 1. The van der Waals surface area contributed by atoms with E-state index in [1.165, 1.54) is 12.4 Å². The molecule has 164 valence electrons. The van der Waals surface area contributed by atoms with Gasteiger partial charge in [-0.25, -0.2) is 9.97 Å². The van der Waals surface area contributed by atoms with Crippen LogP contribution in [0.15, 0.2) is 79.5 Å². The highest BCUT2D eigenvalue weighted by atomic mass is 16.1. The fourth-order valence-electron chi connectivity index (χ4n) is 3.75. The Hall–Kier alpha value is -5.12. The van der Waals surface area contributed by atoms with Crippen molar-refractivity contribution >= 4 is 44.9 Å².